The van der Waals surface area contributed by atoms with Gasteiger partial charge in [-0.25, -0.2) is 8.42 Å². The minimum Gasteiger partial charge on any atom is -0.372 e. The number of anilines is 3. The van der Waals surface area contributed by atoms with Gasteiger partial charge in [0, 0.05) is 35.7 Å². The van der Waals surface area contributed by atoms with Crippen molar-refractivity contribution in [1.82, 2.24) is 0 Å². The summed E-state index contributed by atoms with van der Waals surface area (Å²) in [5.41, 5.74) is 2.56. The van der Waals surface area contributed by atoms with E-state index in [4.69, 9.17) is 0 Å². The Bertz CT molecular complexity index is 860. The number of benzene rings is 2. The zero-order chi connectivity index (χ0) is 19.9. The Balaban J connectivity index is 2.09. The molecular formula is C20H27N3O3S. The number of carbonyl (C=O) groups is 1. The Morgan fingerprint density at radius 1 is 0.963 bits per heavy atom. The number of hydrogen-bond acceptors (Lipinski definition) is 4. The zero-order valence-corrected chi connectivity index (χ0v) is 16.8. The monoisotopic (exact) mass is 389 g/mol. The van der Waals surface area contributed by atoms with Crippen LogP contribution in [-0.4, -0.2) is 33.2 Å². The fourth-order valence-electron chi connectivity index (χ4n) is 2.77. The van der Waals surface area contributed by atoms with Crippen molar-refractivity contribution in [3.05, 3.63) is 54.1 Å². The van der Waals surface area contributed by atoms with Crippen molar-refractivity contribution in [2.75, 3.05) is 33.8 Å². The molecule has 2 N–H and O–H groups in total. The van der Waals surface area contributed by atoms with Crippen LogP contribution in [0.1, 0.15) is 37.6 Å². The second-order valence-electron chi connectivity index (χ2n) is 6.18. The minimum atomic E-state index is -3.39. The first kappa shape index (κ1) is 20.8. The van der Waals surface area contributed by atoms with Gasteiger partial charge in [-0.15, -0.1) is 0 Å². The van der Waals surface area contributed by atoms with Crippen LogP contribution in [0.4, 0.5) is 17.1 Å². The number of nitrogens with one attached hydrogen (secondary N) is 2. The number of hydrogen-bond donors (Lipinski definition) is 2. The average Bonchev–Trinajstić information content (AvgIpc) is 2.64. The quantitative estimate of drug-likeness (QED) is 0.681. The van der Waals surface area contributed by atoms with Crippen molar-refractivity contribution in [3.8, 4) is 0 Å². The molecule has 7 heteroatoms. The van der Waals surface area contributed by atoms with E-state index in [0.29, 0.717) is 23.4 Å². The van der Waals surface area contributed by atoms with E-state index >= 15 is 0 Å². The number of rotatable bonds is 9. The van der Waals surface area contributed by atoms with Gasteiger partial charge in [0.05, 0.1) is 5.75 Å². The molecule has 0 radical (unpaired) electrons. The molecule has 0 unspecified atom stereocenters. The molecule has 2 aromatic rings. The van der Waals surface area contributed by atoms with Crippen molar-refractivity contribution in [1.29, 1.82) is 0 Å². The third-order valence-electron chi connectivity index (χ3n) is 4.12. The lowest BCUT2D eigenvalue weighted by Gasteiger charge is -2.21. The molecule has 6 nitrogen and oxygen atoms in total. The molecule has 1 amide bonds. The fourth-order valence-corrected chi connectivity index (χ4v) is 3.90. The van der Waals surface area contributed by atoms with Gasteiger partial charge in [0.15, 0.2) is 0 Å². The van der Waals surface area contributed by atoms with E-state index in [-0.39, 0.29) is 11.7 Å². The van der Waals surface area contributed by atoms with E-state index < -0.39 is 10.0 Å². The summed E-state index contributed by atoms with van der Waals surface area (Å²) in [6.45, 7) is 7.84. The third kappa shape index (κ3) is 5.99. The topological polar surface area (TPSA) is 78.5 Å². The normalized spacial score (nSPS) is 11.1. The van der Waals surface area contributed by atoms with Crippen molar-refractivity contribution in [2.24, 2.45) is 0 Å². The number of sulfonamides is 1. The van der Waals surface area contributed by atoms with Crippen molar-refractivity contribution < 1.29 is 13.2 Å². The van der Waals surface area contributed by atoms with Gasteiger partial charge in [0.1, 0.15) is 0 Å². The van der Waals surface area contributed by atoms with Gasteiger partial charge >= 0.3 is 0 Å². The highest BCUT2D eigenvalue weighted by molar-refractivity contribution is 7.92. The Morgan fingerprint density at radius 3 is 2.22 bits per heavy atom. The number of amides is 1. The van der Waals surface area contributed by atoms with Crippen LogP contribution in [0.5, 0.6) is 0 Å². The van der Waals surface area contributed by atoms with Gasteiger partial charge in [-0.3, -0.25) is 9.52 Å². The summed E-state index contributed by atoms with van der Waals surface area (Å²) in [7, 11) is -3.39. The summed E-state index contributed by atoms with van der Waals surface area (Å²) < 4.78 is 26.3. The van der Waals surface area contributed by atoms with Crippen LogP contribution in [-0.2, 0) is 10.0 Å². The van der Waals surface area contributed by atoms with Crippen LogP contribution in [0.2, 0.25) is 0 Å². The average molecular weight is 390 g/mol. The molecule has 2 rings (SSSR count). The van der Waals surface area contributed by atoms with Crippen molar-refractivity contribution in [3.63, 3.8) is 0 Å². The first-order valence-electron chi connectivity index (χ1n) is 9.15. The highest BCUT2D eigenvalue weighted by Gasteiger charge is 2.12. The third-order valence-corrected chi connectivity index (χ3v) is 5.62. The predicted octanol–water partition coefficient (Wildman–Crippen LogP) is 3.94. The molecule has 0 fully saturated rings. The summed E-state index contributed by atoms with van der Waals surface area (Å²) >= 11 is 0. The van der Waals surface area contributed by atoms with Gasteiger partial charge < -0.3 is 10.2 Å². The molecule has 0 spiro atoms. The molecule has 2 aromatic carbocycles. The van der Waals surface area contributed by atoms with Gasteiger partial charge in [0.25, 0.3) is 5.91 Å². The lowest BCUT2D eigenvalue weighted by molar-refractivity contribution is 0.102. The molecule has 0 atom stereocenters. The van der Waals surface area contributed by atoms with Crippen LogP contribution in [0, 0.1) is 0 Å². The van der Waals surface area contributed by atoms with E-state index in [1.54, 1.807) is 25.1 Å². The fraction of sp³-hybridized carbons (Fsp3) is 0.350. The Kier molecular flexibility index (Phi) is 7.24. The number of nitrogens with zero attached hydrogens (tertiary/aromatic N) is 1. The van der Waals surface area contributed by atoms with E-state index in [1.807, 2.05) is 24.3 Å². The van der Waals surface area contributed by atoms with Crippen LogP contribution in [0.3, 0.4) is 0 Å². The molecule has 0 aliphatic rings. The summed E-state index contributed by atoms with van der Waals surface area (Å²) in [5, 5.41) is 2.84. The smallest absolute Gasteiger partial charge is 0.255 e. The number of carbonyl (C=O) groups excluding carboxylic acids is 1. The Hall–Kier alpha value is -2.54. The highest BCUT2D eigenvalue weighted by atomic mass is 32.2. The molecule has 0 aliphatic carbocycles. The molecule has 146 valence electrons. The largest absolute Gasteiger partial charge is 0.372 e. The molecule has 27 heavy (non-hydrogen) atoms. The van der Waals surface area contributed by atoms with E-state index in [2.05, 4.69) is 28.8 Å². The molecule has 0 saturated heterocycles. The SMILES string of the molecule is CCCS(=O)(=O)Nc1cccc(C(=O)Nc2ccc(N(CC)CC)cc2)c1. The molecule has 0 bridgehead atoms. The molecular weight excluding hydrogens is 362 g/mol. The molecule has 0 aliphatic heterocycles. The maximum atomic E-state index is 12.5. The lowest BCUT2D eigenvalue weighted by atomic mass is 10.2. The predicted molar refractivity (Wildman–Crippen MR) is 112 cm³/mol. The summed E-state index contributed by atoms with van der Waals surface area (Å²) in [6, 6.07) is 14.1. The van der Waals surface area contributed by atoms with Crippen LogP contribution in [0.25, 0.3) is 0 Å². The maximum absolute atomic E-state index is 12.5. The molecule has 0 saturated carbocycles. The van der Waals surface area contributed by atoms with Gasteiger partial charge in [0.2, 0.25) is 10.0 Å². The summed E-state index contributed by atoms with van der Waals surface area (Å²) in [5.74, 6) is -0.246. The van der Waals surface area contributed by atoms with Gasteiger partial charge in [-0.1, -0.05) is 13.0 Å². The second-order valence-corrected chi connectivity index (χ2v) is 8.02. The van der Waals surface area contributed by atoms with E-state index in [9.17, 15) is 13.2 Å². The maximum Gasteiger partial charge on any atom is 0.255 e. The van der Waals surface area contributed by atoms with Crippen LogP contribution < -0.4 is 14.9 Å². The Morgan fingerprint density at radius 2 is 1.63 bits per heavy atom. The summed E-state index contributed by atoms with van der Waals surface area (Å²) in [4.78, 5) is 14.7. The minimum absolute atomic E-state index is 0.0440. The van der Waals surface area contributed by atoms with Crippen molar-refractivity contribution >= 4 is 33.0 Å². The Labute approximate surface area is 161 Å². The molecule has 0 aromatic heterocycles. The van der Waals surface area contributed by atoms with Gasteiger partial charge in [-0.2, -0.15) is 0 Å². The van der Waals surface area contributed by atoms with E-state index in [1.165, 1.54) is 6.07 Å². The molecule has 0 heterocycles. The van der Waals surface area contributed by atoms with Crippen LogP contribution >= 0.6 is 0 Å². The van der Waals surface area contributed by atoms with Crippen LogP contribution in [0.15, 0.2) is 48.5 Å². The summed E-state index contributed by atoms with van der Waals surface area (Å²) in [6.07, 6.45) is 0.527. The zero-order valence-electron chi connectivity index (χ0n) is 16.0. The lowest BCUT2D eigenvalue weighted by Crippen LogP contribution is -2.21. The first-order valence-corrected chi connectivity index (χ1v) is 10.8. The first-order chi connectivity index (χ1) is 12.9. The van der Waals surface area contributed by atoms with E-state index in [0.717, 1.165) is 18.8 Å². The second kappa shape index (κ2) is 9.41. The van der Waals surface area contributed by atoms with Gasteiger partial charge in [-0.05, 0) is 62.7 Å². The standard InChI is InChI=1S/C20H27N3O3S/c1-4-14-27(25,26)22-18-9-7-8-16(15-18)20(24)21-17-10-12-19(13-11-17)23(5-2)6-3/h7-13,15,22H,4-6,14H2,1-3H3,(H,21,24). The highest BCUT2D eigenvalue weighted by Crippen LogP contribution is 2.19. The van der Waals surface area contributed by atoms with Crippen molar-refractivity contribution in [2.45, 2.75) is 27.2 Å².